The summed E-state index contributed by atoms with van der Waals surface area (Å²) in [5, 5.41) is 2.61. The van der Waals surface area contributed by atoms with E-state index in [4.69, 9.17) is 4.74 Å². The summed E-state index contributed by atoms with van der Waals surface area (Å²) in [5.41, 5.74) is -0.380. The molecule has 4 rings (SSSR count). The van der Waals surface area contributed by atoms with Crippen LogP contribution in [0, 0.1) is 0 Å². The van der Waals surface area contributed by atoms with Crippen LogP contribution in [0.1, 0.15) is 5.56 Å². The van der Waals surface area contributed by atoms with Crippen molar-refractivity contribution in [2.75, 3.05) is 43.5 Å². The second-order valence-corrected chi connectivity index (χ2v) is 9.07. The molecule has 2 N–H and O–H groups in total. The molecule has 12 heteroatoms. The number of alkyl halides is 3. The third-order valence-electron chi connectivity index (χ3n) is 5.43. The van der Waals surface area contributed by atoms with Gasteiger partial charge in [-0.2, -0.15) is 17.9 Å². The Morgan fingerprint density at radius 1 is 1.09 bits per heavy atom. The van der Waals surface area contributed by atoms with Gasteiger partial charge in [-0.25, -0.2) is 8.42 Å². The van der Waals surface area contributed by atoms with Crippen molar-refractivity contribution in [2.45, 2.75) is 17.2 Å². The highest BCUT2D eigenvalue weighted by molar-refractivity contribution is 7.89. The number of ether oxygens (including phenoxy) is 1. The van der Waals surface area contributed by atoms with Crippen molar-refractivity contribution in [1.82, 2.24) is 9.62 Å². The molecule has 2 aromatic rings. The van der Waals surface area contributed by atoms with Crippen molar-refractivity contribution in [3.63, 3.8) is 0 Å². The number of carbonyl (C=O) groups is 1. The number of rotatable bonds is 3. The third kappa shape index (κ3) is 4.19. The summed E-state index contributed by atoms with van der Waals surface area (Å²) in [7, 11) is -2.58. The molecular formula is C20H21F3N4O4S. The molecule has 1 saturated heterocycles. The summed E-state index contributed by atoms with van der Waals surface area (Å²) in [5.74, 6) is 0.141. The van der Waals surface area contributed by atoms with Crippen LogP contribution in [-0.2, 0) is 21.0 Å². The maximum atomic E-state index is 13.0. The lowest BCUT2D eigenvalue weighted by Gasteiger charge is -2.39. The summed E-state index contributed by atoms with van der Waals surface area (Å²) in [6, 6.07) is 9.74. The number of piperazine rings is 1. The molecule has 1 atom stereocenters. The maximum absolute atomic E-state index is 13.0. The molecule has 1 fully saturated rings. The summed E-state index contributed by atoms with van der Waals surface area (Å²) < 4.78 is 71.8. The Morgan fingerprint density at radius 3 is 2.44 bits per heavy atom. The SMILES string of the molecule is COc1ccccc1N1CCN(C(=O)[C@@H]2Nc3cc(C(F)(F)F)ccc3S(=O)(=O)N2)CC1. The highest BCUT2D eigenvalue weighted by Crippen LogP contribution is 2.35. The first-order valence-electron chi connectivity index (χ1n) is 9.77. The Hall–Kier alpha value is -2.99. The average Bonchev–Trinajstić information content (AvgIpc) is 2.77. The second-order valence-electron chi connectivity index (χ2n) is 7.39. The molecule has 1 amide bonds. The summed E-state index contributed by atoms with van der Waals surface area (Å²) in [6.45, 7) is 1.60. The van der Waals surface area contributed by atoms with Gasteiger partial charge in [0.1, 0.15) is 10.6 Å². The predicted octanol–water partition coefficient (Wildman–Crippen LogP) is 2.09. The molecule has 0 aliphatic carbocycles. The number of para-hydroxylation sites is 2. The largest absolute Gasteiger partial charge is 0.495 e. The summed E-state index contributed by atoms with van der Waals surface area (Å²) in [4.78, 5) is 16.2. The van der Waals surface area contributed by atoms with Crippen LogP contribution in [0.5, 0.6) is 5.75 Å². The van der Waals surface area contributed by atoms with E-state index in [0.717, 1.165) is 11.8 Å². The number of nitrogens with one attached hydrogen (secondary N) is 2. The van der Waals surface area contributed by atoms with Gasteiger partial charge in [-0.15, -0.1) is 0 Å². The smallest absolute Gasteiger partial charge is 0.416 e. The maximum Gasteiger partial charge on any atom is 0.416 e. The monoisotopic (exact) mass is 470 g/mol. The molecule has 0 unspecified atom stereocenters. The quantitative estimate of drug-likeness (QED) is 0.714. The van der Waals surface area contributed by atoms with Crippen LogP contribution < -0.4 is 19.7 Å². The molecule has 0 aromatic heterocycles. The fraction of sp³-hybridized carbons (Fsp3) is 0.350. The van der Waals surface area contributed by atoms with Gasteiger partial charge >= 0.3 is 6.18 Å². The van der Waals surface area contributed by atoms with Crippen molar-refractivity contribution in [2.24, 2.45) is 0 Å². The number of hydrogen-bond donors (Lipinski definition) is 2. The van der Waals surface area contributed by atoms with Crippen LogP contribution in [0.2, 0.25) is 0 Å². The van der Waals surface area contributed by atoms with Gasteiger partial charge in [-0.3, -0.25) is 4.79 Å². The fourth-order valence-corrected chi connectivity index (χ4v) is 5.06. The van der Waals surface area contributed by atoms with Gasteiger partial charge in [0, 0.05) is 26.2 Å². The van der Waals surface area contributed by atoms with Gasteiger partial charge < -0.3 is 19.9 Å². The first kappa shape index (κ1) is 22.2. The number of methoxy groups -OCH3 is 1. The molecule has 0 spiro atoms. The normalized spacial score (nSPS) is 20.3. The fourth-order valence-electron chi connectivity index (χ4n) is 3.81. The first-order chi connectivity index (χ1) is 15.1. The van der Waals surface area contributed by atoms with E-state index in [0.29, 0.717) is 44.1 Å². The molecule has 2 aliphatic heterocycles. The van der Waals surface area contributed by atoms with E-state index in [9.17, 15) is 26.4 Å². The Kier molecular flexibility index (Phi) is 5.67. The minimum Gasteiger partial charge on any atom is -0.495 e. The van der Waals surface area contributed by atoms with Crippen molar-refractivity contribution in [3.05, 3.63) is 48.0 Å². The molecule has 2 aromatic carbocycles. The lowest BCUT2D eigenvalue weighted by atomic mass is 10.2. The van der Waals surface area contributed by atoms with Gasteiger partial charge in [0.15, 0.2) is 6.17 Å². The van der Waals surface area contributed by atoms with Gasteiger partial charge in [-0.1, -0.05) is 12.1 Å². The Bertz CT molecular complexity index is 1130. The van der Waals surface area contributed by atoms with E-state index in [1.165, 1.54) is 4.90 Å². The van der Waals surface area contributed by atoms with Crippen molar-refractivity contribution in [1.29, 1.82) is 0 Å². The number of benzene rings is 2. The number of nitrogens with zero attached hydrogens (tertiary/aromatic N) is 2. The number of sulfonamides is 1. The molecule has 2 aliphatic rings. The Labute approximate surface area is 183 Å². The van der Waals surface area contributed by atoms with Crippen LogP contribution in [0.15, 0.2) is 47.4 Å². The predicted molar refractivity (Wildman–Crippen MR) is 111 cm³/mol. The zero-order chi connectivity index (χ0) is 23.1. The Morgan fingerprint density at radius 2 is 1.78 bits per heavy atom. The van der Waals surface area contributed by atoms with Crippen LogP contribution >= 0.6 is 0 Å². The molecule has 32 heavy (non-hydrogen) atoms. The average molecular weight is 470 g/mol. The molecule has 8 nitrogen and oxygen atoms in total. The molecule has 2 heterocycles. The van der Waals surface area contributed by atoms with Crippen LogP contribution in [0.4, 0.5) is 24.5 Å². The van der Waals surface area contributed by atoms with Crippen LogP contribution in [0.25, 0.3) is 0 Å². The highest BCUT2D eigenvalue weighted by atomic mass is 32.2. The first-order valence-corrected chi connectivity index (χ1v) is 11.3. The number of carbonyl (C=O) groups excluding carboxylic acids is 1. The minimum absolute atomic E-state index is 0.260. The van der Waals surface area contributed by atoms with Gasteiger partial charge in [0.25, 0.3) is 5.91 Å². The lowest BCUT2D eigenvalue weighted by molar-refractivity contribution is -0.137. The van der Waals surface area contributed by atoms with Crippen molar-refractivity contribution < 1.29 is 31.1 Å². The van der Waals surface area contributed by atoms with Crippen molar-refractivity contribution in [3.8, 4) is 5.75 Å². The lowest BCUT2D eigenvalue weighted by Crippen LogP contribution is -2.58. The topological polar surface area (TPSA) is 91.0 Å². The van der Waals surface area contributed by atoms with E-state index in [1.807, 2.05) is 29.2 Å². The summed E-state index contributed by atoms with van der Waals surface area (Å²) >= 11 is 0. The van der Waals surface area contributed by atoms with Crippen molar-refractivity contribution >= 4 is 27.3 Å². The number of anilines is 2. The number of halogens is 3. The van der Waals surface area contributed by atoms with E-state index in [-0.39, 0.29) is 10.6 Å². The van der Waals surface area contributed by atoms with Crippen LogP contribution in [-0.4, -0.2) is 58.7 Å². The molecule has 172 valence electrons. The second kappa shape index (κ2) is 8.17. The third-order valence-corrected chi connectivity index (χ3v) is 6.91. The van der Waals surface area contributed by atoms with Gasteiger partial charge in [0.05, 0.1) is 24.0 Å². The molecule has 0 saturated carbocycles. The Balaban J connectivity index is 1.49. The molecular weight excluding hydrogens is 449 g/mol. The van der Waals surface area contributed by atoms with E-state index in [1.54, 1.807) is 7.11 Å². The number of hydrogen-bond acceptors (Lipinski definition) is 6. The zero-order valence-corrected chi connectivity index (χ0v) is 17.8. The van der Waals surface area contributed by atoms with E-state index < -0.39 is 33.8 Å². The van der Waals surface area contributed by atoms with Gasteiger partial charge in [-0.05, 0) is 30.3 Å². The standard InChI is InChI=1S/C20H21F3N4O4S/c1-31-16-5-3-2-4-15(16)26-8-10-27(11-9-26)19(28)18-24-14-12-13(20(21,22)23)6-7-17(14)32(29,30)25-18/h2-7,12,18,24-25H,8-11H2,1H3/t18-/m1/s1. The number of amides is 1. The highest BCUT2D eigenvalue weighted by Gasteiger charge is 2.38. The molecule has 0 radical (unpaired) electrons. The van der Waals surface area contributed by atoms with E-state index >= 15 is 0 Å². The minimum atomic E-state index is -4.64. The van der Waals surface area contributed by atoms with E-state index in [2.05, 4.69) is 10.0 Å². The zero-order valence-electron chi connectivity index (χ0n) is 17.0. The van der Waals surface area contributed by atoms with Gasteiger partial charge in [0.2, 0.25) is 10.0 Å². The summed E-state index contributed by atoms with van der Waals surface area (Å²) in [6.07, 6.45) is -6.03. The van der Waals surface area contributed by atoms with Crippen LogP contribution in [0.3, 0.4) is 0 Å². The number of fused-ring (bicyclic) bond motifs is 1. The molecule has 0 bridgehead atoms.